The van der Waals surface area contributed by atoms with Crippen LogP contribution >= 0.6 is 0 Å². The average Bonchev–Trinajstić information content (AvgIpc) is 2.03. The van der Waals surface area contributed by atoms with Crippen molar-refractivity contribution in [2.45, 2.75) is 13.2 Å². The molecule has 0 bridgehead atoms. The van der Waals surface area contributed by atoms with Gasteiger partial charge in [-0.1, -0.05) is 5.92 Å². The minimum Gasteiger partial charge on any atom is -0.465 e. The van der Waals surface area contributed by atoms with E-state index in [1.807, 2.05) is 0 Å². The third-order valence-corrected chi connectivity index (χ3v) is 1.19. The SMILES string of the molecule is C#Cc1cc(OC(C)O)ccn1. The molecule has 0 amide bonds. The van der Waals surface area contributed by atoms with E-state index in [1.165, 1.54) is 13.1 Å². The molecule has 0 aliphatic heterocycles. The lowest BCUT2D eigenvalue weighted by atomic mass is 10.3. The van der Waals surface area contributed by atoms with Gasteiger partial charge >= 0.3 is 0 Å². The normalized spacial score (nSPS) is 11.8. The summed E-state index contributed by atoms with van der Waals surface area (Å²) >= 11 is 0. The highest BCUT2D eigenvalue weighted by atomic mass is 16.6. The van der Waals surface area contributed by atoms with E-state index >= 15 is 0 Å². The molecule has 1 rings (SSSR count). The number of aliphatic hydroxyl groups is 1. The summed E-state index contributed by atoms with van der Waals surface area (Å²) in [5, 5.41) is 8.88. The van der Waals surface area contributed by atoms with Crippen molar-refractivity contribution in [1.29, 1.82) is 0 Å². The van der Waals surface area contributed by atoms with E-state index in [4.69, 9.17) is 16.3 Å². The van der Waals surface area contributed by atoms with E-state index in [2.05, 4.69) is 10.9 Å². The summed E-state index contributed by atoms with van der Waals surface area (Å²) in [6.45, 7) is 1.52. The van der Waals surface area contributed by atoms with E-state index in [0.29, 0.717) is 11.4 Å². The lowest BCUT2D eigenvalue weighted by Gasteiger charge is -2.07. The Morgan fingerprint density at radius 3 is 3.08 bits per heavy atom. The van der Waals surface area contributed by atoms with E-state index in [0.717, 1.165) is 0 Å². The van der Waals surface area contributed by atoms with Gasteiger partial charge in [-0.3, -0.25) is 0 Å². The van der Waals surface area contributed by atoms with Gasteiger partial charge in [0.05, 0.1) is 0 Å². The number of terminal acetylenes is 1. The molecule has 0 fully saturated rings. The van der Waals surface area contributed by atoms with Gasteiger partial charge in [0.2, 0.25) is 0 Å². The number of ether oxygens (including phenoxy) is 1. The summed E-state index contributed by atoms with van der Waals surface area (Å²) in [7, 11) is 0. The second kappa shape index (κ2) is 3.74. The minimum absolute atomic E-state index is 0.494. The minimum atomic E-state index is -0.835. The van der Waals surface area contributed by atoms with Crippen LogP contribution in [0.1, 0.15) is 12.6 Å². The highest BCUT2D eigenvalue weighted by Gasteiger charge is 1.98. The molecule has 0 aliphatic carbocycles. The standard InChI is InChI=1S/C9H9NO2/c1-3-8-6-9(4-5-10-8)12-7(2)11/h1,4-7,11H,2H3. The molecule has 62 valence electrons. The summed E-state index contributed by atoms with van der Waals surface area (Å²) < 4.78 is 4.98. The summed E-state index contributed by atoms with van der Waals surface area (Å²) in [6.07, 6.45) is 5.82. The lowest BCUT2D eigenvalue weighted by Crippen LogP contribution is -2.09. The zero-order valence-corrected chi connectivity index (χ0v) is 6.69. The van der Waals surface area contributed by atoms with Crippen LogP contribution in [0.3, 0.4) is 0 Å². The summed E-state index contributed by atoms with van der Waals surface area (Å²) in [4.78, 5) is 3.87. The molecule has 1 aromatic heterocycles. The molecule has 0 radical (unpaired) electrons. The number of hydrogen-bond acceptors (Lipinski definition) is 3. The molecule has 0 aromatic carbocycles. The number of nitrogens with zero attached hydrogens (tertiary/aromatic N) is 1. The molecule has 0 aliphatic rings. The molecule has 3 nitrogen and oxygen atoms in total. The van der Waals surface area contributed by atoms with Gasteiger partial charge in [-0.2, -0.15) is 0 Å². The van der Waals surface area contributed by atoms with Crippen LogP contribution in [0, 0.1) is 12.3 Å². The van der Waals surface area contributed by atoms with E-state index in [9.17, 15) is 0 Å². The smallest absolute Gasteiger partial charge is 0.194 e. The molecule has 1 atom stereocenters. The Kier molecular flexibility index (Phi) is 2.67. The first kappa shape index (κ1) is 8.57. The molecule has 0 spiro atoms. The van der Waals surface area contributed by atoms with Gasteiger partial charge in [-0.25, -0.2) is 4.98 Å². The fourth-order valence-electron chi connectivity index (χ4n) is 0.760. The molecular weight excluding hydrogens is 154 g/mol. The average molecular weight is 163 g/mol. The topological polar surface area (TPSA) is 42.4 Å². The zero-order valence-electron chi connectivity index (χ0n) is 6.69. The van der Waals surface area contributed by atoms with Crippen LogP contribution in [0.15, 0.2) is 18.3 Å². The second-order valence-corrected chi connectivity index (χ2v) is 2.24. The van der Waals surface area contributed by atoms with Crippen molar-refractivity contribution in [1.82, 2.24) is 4.98 Å². The van der Waals surface area contributed by atoms with Crippen molar-refractivity contribution >= 4 is 0 Å². The number of aromatic nitrogens is 1. The Balaban J connectivity index is 2.81. The van der Waals surface area contributed by atoms with Crippen LogP contribution in [0.4, 0.5) is 0 Å². The largest absolute Gasteiger partial charge is 0.465 e. The Bertz CT molecular complexity index is 302. The van der Waals surface area contributed by atoms with Crippen molar-refractivity contribution in [2.75, 3.05) is 0 Å². The first-order chi connectivity index (χ1) is 5.72. The zero-order chi connectivity index (χ0) is 8.97. The fourth-order valence-corrected chi connectivity index (χ4v) is 0.760. The Morgan fingerprint density at radius 1 is 1.75 bits per heavy atom. The summed E-state index contributed by atoms with van der Waals surface area (Å²) in [5.41, 5.74) is 0.494. The van der Waals surface area contributed by atoms with Gasteiger partial charge in [0, 0.05) is 12.3 Å². The van der Waals surface area contributed by atoms with E-state index in [1.54, 1.807) is 12.1 Å². The Labute approximate surface area is 71.0 Å². The molecule has 0 saturated heterocycles. The number of hydrogen-bond donors (Lipinski definition) is 1. The van der Waals surface area contributed by atoms with Crippen LogP contribution in [-0.2, 0) is 0 Å². The second-order valence-electron chi connectivity index (χ2n) is 2.24. The molecule has 1 heterocycles. The van der Waals surface area contributed by atoms with Gasteiger partial charge < -0.3 is 9.84 Å². The first-order valence-corrected chi connectivity index (χ1v) is 3.50. The molecule has 1 unspecified atom stereocenters. The number of aliphatic hydroxyl groups excluding tert-OH is 1. The van der Waals surface area contributed by atoms with Crippen LogP contribution in [0.5, 0.6) is 5.75 Å². The predicted octanol–water partition coefficient (Wildman–Crippen LogP) is 0.780. The maximum absolute atomic E-state index is 8.88. The van der Waals surface area contributed by atoms with Gasteiger partial charge in [0.25, 0.3) is 0 Å². The first-order valence-electron chi connectivity index (χ1n) is 3.50. The maximum atomic E-state index is 8.88. The summed E-state index contributed by atoms with van der Waals surface area (Å²) in [5.74, 6) is 2.89. The van der Waals surface area contributed by atoms with Crippen molar-refractivity contribution in [3.05, 3.63) is 24.0 Å². The summed E-state index contributed by atoms with van der Waals surface area (Å²) in [6, 6.07) is 3.22. The van der Waals surface area contributed by atoms with Crippen molar-refractivity contribution < 1.29 is 9.84 Å². The van der Waals surface area contributed by atoms with Crippen LogP contribution in [-0.4, -0.2) is 16.4 Å². The van der Waals surface area contributed by atoms with Crippen molar-refractivity contribution in [3.63, 3.8) is 0 Å². The number of pyridine rings is 1. The lowest BCUT2D eigenvalue weighted by molar-refractivity contribution is -0.000358. The van der Waals surface area contributed by atoms with E-state index < -0.39 is 6.29 Å². The van der Waals surface area contributed by atoms with Crippen molar-refractivity contribution in [3.8, 4) is 18.1 Å². The molecular formula is C9H9NO2. The van der Waals surface area contributed by atoms with Crippen LogP contribution in [0.2, 0.25) is 0 Å². The molecule has 1 aromatic rings. The van der Waals surface area contributed by atoms with Gasteiger partial charge in [-0.05, 0) is 13.0 Å². The third-order valence-electron chi connectivity index (χ3n) is 1.19. The Hall–Kier alpha value is -1.53. The van der Waals surface area contributed by atoms with E-state index in [-0.39, 0.29) is 0 Å². The highest BCUT2D eigenvalue weighted by molar-refractivity contribution is 5.31. The monoisotopic (exact) mass is 163 g/mol. The number of rotatable bonds is 2. The molecule has 3 heteroatoms. The third kappa shape index (κ3) is 2.26. The Morgan fingerprint density at radius 2 is 2.50 bits per heavy atom. The van der Waals surface area contributed by atoms with Gasteiger partial charge in [-0.15, -0.1) is 6.42 Å². The predicted molar refractivity (Wildman–Crippen MR) is 44.5 cm³/mol. The molecule has 12 heavy (non-hydrogen) atoms. The maximum Gasteiger partial charge on any atom is 0.194 e. The quantitative estimate of drug-likeness (QED) is 0.517. The highest BCUT2D eigenvalue weighted by Crippen LogP contribution is 2.11. The van der Waals surface area contributed by atoms with Gasteiger partial charge in [0.1, 0.15) is 11.4 Å². The molecule has 0 saturated carbocycles. The van der Waals surface area contributed by atoms with Gasteiger partial charge in [0.15, 0.2) is 6.29 Å². The fraction of sp³-hybridized carbons (Fsp3) is 0.222. The van der Waals surface area contributed by atoms with Crippen LogP contribution in [0.25, 0.3) is 0 Å². The molecule has 1 N–H and O–H groups in total. The van der Waals surface area contributed by atoms with Crippen molar-refractivity contribution in [2.24, 2.45) is 0 Å². The van der Waals surface area contributed by atoms with Crippen LogP contribution < -0.4 is 4.74 Å².